The van der Waals surface area contributed by atoms with Gasteiger partial charge in [0, 0.05) is 0 Å². The van der Waals surface area contributed by atoms with Crippen LogP contribution in [0.4, 0.5) is 0 Å². The lowest BCUT2D eigenvalue weighted by atomic mass is 9.98. The minimum Gasteiger partial charge on any atom is -0.0943 e. The van der Waals surface area contributed by atoms with E-state index in [1.165, 1.54) is 0 Å². The largest absolute Gasteiger partial charge is 0.226 e. The summed E-state index contributed by atoms with van der Waals surface area (Å²) >= 11 is 55.2. The highest BCUT2D eigenvalue weighted by Crippen LogP contribution is 2.65. The summed E-state index contributed by atoms with van der Waals surface area (Å²) in [5, 5.41) is 1.39. The topological polar surface area (TPSA) is 0 Å². The van der Waals surface area contributed by atoms with Crippen LogP contribution >= 0.6 is 104 Å². The molecule has 0 nitrogen and oxygen atoms in total. The second-order valence-electron chi connectivity index (χ2n) is 4.66. The van der Waals surface area contributed by atoms with Crippen LogP contribution < -0.4 is 0 Å². The highest BCUT2D eigenvalue weighted by Gasteiger charge is 2.68. The molecule has 0 spiro atoms. The van der Waals surface area contributed by atoms with E-state index in [2.05, 4.69) is 6.07 Å². The van der Waals surface area contributed by atoms with Crippen molar-refractivity contribution in [1.29, 1.82) is 0 Å². The van der Waals surface area contributed by atoms with Crippen LogP contribution in [0.15, 0.2) is 36.4 Å². The molecule has 9 heteroatoms. The van der Waals surface area contributed by atoms with Gasteiger partial charge in [0.15, 0.2) is 8.67 Å². The van der Waals surface area contributed by atoms with E-state index >= 15 is 0 Å². The Morgan fingerprint density at radius 3 is 1.83 bits per heavy atom. The van der Waals surface area contributed by atoms with Crippen LogP contribution in [0, 0.1) is 6.07 Å². The van der Waals surface area contributed by atoms with Crippen molar-refractivity contribution < 1.29 is 0 Å². The molecular weight excluding hydrogens is 487 g/mol. The smallest absolute Gasteiger partial charge is 0.0943 e. The van der Waals surface area contributed by atoms with Crippen molar-refractivity contribution in [3.8, 4) is 0 Å². The number of benzene rings is 2. The second kappa shape index (κ2) is 6.80. The van der Waals surface area contributed by atoms with Crippen molar-refractivity contribution in [3.63, 3.8) is 0 Å². The number of hydrogen-bond acceptors (Lipinski definition) is 0. The summed E-state index contributed by atoms with van der Waals surface area (Å²) in [7, 11) is 0. The highest BCUT2D eigenvalue weighted by atomic mass is 35.6. The molecule has 0 aliphatic rings. The third kappa shape index (κ3) is 3.46. The zero-order chi connectivity index (χ0) is 17.7. The van der Waals surface area contributed by atoms with Gasteiger partial charge in [-0.3, -0.25) is 0 Å². The molecule has 0 aliphatic carbocycles. The standard InChI is InChI=1S/C14H6Cl9/c15-11(16,12(17,18)13(19,20)14(21,22)23)10-7-3-5-8-4-1-2-6-9(8)10/h1-5,7H. The summed E-state index contributed by atoms with van der Waals surface area (Å²) in [6, 6.07) is 13.5. The maximum Gasteiger partial charge on any atom is 0.226 e. The van der Waals surface area contributed by atoms with Crippen molar-refractivity contribution in [1.82, 2.24) is 0 Å². The van der Waals surface area contributed by atoms with E-state index in [0.29, 0.717) is 10.9 Å². The monoisotopic (exact) mass is 489 g/mol. The third-order valence-electron chi connectivity index (χ3n) is 3.18. The summed E-state index contributed by atoms with van der Waals surface area (Å²) in [4.78, 5) is 0. The fraction of sp³-hybridized carbons (Fsp3) is 0.286. The normalized spacial score (nSPS) is 14.3. The molecule has 0 saturated heterocycles. The van der Waals surface area contributed by atoms with E-state index < -0.39 is 16.8 Å². The van der Waals surface area contributed by atoms with Crippen LogP contribution in [0.25, 0.3) is 10.8 Å². The minimum absolute atomic E-state index is 0.323. The van der Waals surface area contributed by atoms with Gasteiger partial charge in [-0.2, -0.15) is 0 Å². The van der Waals surface area contributed by atoms with Crippen molar-refractivity contribution in [2.24, 2.45) is 0 Å². The molecule has 0 atom stereocenters. The molecular formula is C14H6Cl9. The maximum atomic E-state index is 6.46. The van der Waals surface area contributed by atoms with Crippen LogP contribution in [0.1, 0.15) is 5.56 Å². The van der Waals surface area contributed by atoms with Crippen LogP contribution in [0.2, 0.25) is 0 Å². The Hall–Kier alpha value is 1.31. The van der Waals surface area contributed by atoms with Gasteiger partial charge in [-0.25, -0.2) is 0 Å². The summed E-state index contributed by atoms with van der Waals surface area (Å²) in [6.45, 7) is 0. The maximum absolute atomic E-state index is 6.46. The summed E-state index contributed by atoms with van der Waals surface area (Å²) in [6.07, 6.45) is 0. The van der Waals surface area contributed by atoms with Gasteiger partial charge in [0.25, 0.3) is 0 Å². The molecule has 2 aromatic carbocycles. The zero-order valence-corrected chi connectivity index (χ0v) is 17.7. The van der Waals surface area contributed by atoms with Crippen LogP contribution in [-0.2, 0) is 4.33 Å². The van der Waals surface area contributed by atoms with E-state index in [4.69, 9.17) is 104 Å². The van der Waals surface area contributed by atoms with E-state index in [0.717, 1.165) is 5.39 Å². The lowest BCUT2D eigenvalue weighted by Gasteiger charge is -2.44. The van der Waals surface area contributed by atoms with Crippen molar-refractivity contribution >= 4 is 115 Å². The molecule has 2 aromatic rings. The Kier molecular flexibility index (Phi) is 6.10. The molecule has 125 valence electrons. The Balaban J connectivity index is 2.69. The molecule has 0 aliphatic heterocycles. The van der Waals surface area contributed by atoms with Gasteiger partial charge in [-0.05, 0) is 22.4 Å². The summed E-state index contributed by atoms with van der Waals surface area (Å²) in [5.41, 5.74) is 0.323. The minimum atomic E-state index is -2.33. The Labute approximate surface area is 178 Å². The quantitative estimate of drug-likeness (QED) is 0.381. The van der Waals surface area contributed by atoms with Gasteiger partial charge in [-0.15, -0.1) is 0 Å². The van der Waals surface area contributed by atoms with Crippen molar-refractivity contribution in [2.45, 2.75) is 16.8 Å². The molecule has 0 amide bonds. The second-order valence-corrected chi connectivity index (χ2v) is 10.9. The van der Waals surface area contributed by atoms with Crippen LogP contribution in [-0.4, -0.2) is 12.5 Å². The van der Waals surface area contributed by atoms with Crippen molar-refractivity contribution in [2.75, 3.05) is 0 Å². The van der Waals surface area contributed by atoms with Gasteiger partial charge in [-0.1, -0.05) is 141 Å². The predicted octanol–water partition coefficient (Wildman–Crippen LogP) is 7.99. The molecule has 0 unspecified atom stereocenters. The van der Waals surface area contributed by atoms with E-state index in [9.17, 15) is 0 Å². The first kappa shape index (κ1) is 20.6. The average Bonchev–Trinajstić information content (AvgIpc) is 2.45. The van der Waals surface area contributed by atoms with E-state index in [1.54, 1.807) is 24.3 Å². The van der Waals surface area contributed by atoms with Gasteiger partial charge in [0.1, 0.15) is 0 Å². The third-order valence-corrected chi connectivity index (χ3v) is 8.63. The SMILES string of the molecule is ClC(Cl)(Cl)C(Cl)(Cl)C(Cl)(Cl)C(Cl)(Cl)c1cccc2ccc[c]c12. The van der Waals surface area contributed by atoms with Gasteiger partial charge < -0.3 is 0 Å². The zero-order valence-electron chi connectivity index (χ0n) is 10.9. The van der Waals surface area contributed by atoms with E-state index in [-0.39, 0.29) is 0 Å². The Bertz CT molecular complexity index is 710. The first-order chi connectivity index (χ1) is 10.3. The summed E-state index contributed by atoms with van der Waals surface area (Å²) in [5.74, 6) is 0. The Morgan fingerprint density at radius 2 is 1.26 bits per heavy atom. The molecule has 23 heavy (non-hydrogen) atoms. The van der Waals surface area contributed by atoms with Gasteiger partial charge >= 0.3 is 0 Å². The molecule has 0 fully saturated rings. The fourth-order valence-electron chi connectivity index (χ4n) is 1.96. The highest BCUT2D eigenvalue weighted by molar-refractivity contribution is 6.80. The lowest BCUT2D eigenvalue weighted by Crippen LogP contribution is -2.54. The number of hydrogen-bond donors (Lipinski definition) is 0. The molecule has 0 heterocycles. The van der Waals surface area contributed by atoms with E-state index in [1.807, 2.05) is 12.1 Å². The van der Waals surface area contributed by atoms with Gasteiger partial charge in [0.2, 0.25) is 8.13 Å². The molecule has 0 N–H and O–H groups in total. The number of rotatable bonds is 3. The Morgan fingerprint density at radius 1 is 0.696 bits per heavy atom. The lowest BCUT2D eigenvalue weighted by molar-refractivity contribution is 0.603. The number of fused-ring (bicyclic) bond motifs is 1. The molecule has 2 rings (SSSR count). The fourth-order valence-corrected chi connectivity index (χ4v) is 4.24. The molecule has 0 saturated carbocycles. The number of alkyl halides is 9. The number of halogens is 9. The molecule has 0 aromatic heterocycles. The first-order valence-electron chi connectivity index (χ1n) is 5.94. The first-order valence-corrected chi connectivity index (χ1v) is 9.34. The predicted molar refractivity (Wildman–Crippen MR) is 105 cm³/mol. The summed E-state index contributed by atoms with van der Waals surface area (Å²) < 4.78 is -8.88. The average molecular weight is 493 g/mol. The van der Waals surface area contributed by atoms with Gasteiger partial charge in [0.05, 0.1) is 0 Å². The van der Waals surface area contributed by atoms with Crippen LogP contribution in [0.3, 0.4) is 0 Å². The van der Waals surface area contributed by atoms with Crippen LogP contribution in [0.5, 0.6) is 0 Å². The molecule has 0 bridgehead atoms. The van der Waals surface area contributed by atoms with Crippen molar-refractivity contribution in [3.05, 3.63) is 48.0 Å². The molecule has 1 radical (unpaired) electrons.